The van der Waals surface area contributed by atoms with Gasteiger partial charge in [-0.15, -0.1) is 0 Å². The lowest BCUT2D eigenvalue weighted by atomic mass is 10.1. The van der Waals surface area contributed by atoms with Gasteiger partial charge in [0, 0.05) is 24.5 Å². The number of carbonyl (C=O) groups is 2. The van der Waals surface area contributed by atoms with Crippen LogP contribution in [-0.4, -0.2) is 47.5 Å². The number of amides is 2. The number of rotatable bonds is 6. The largest absolute Gasteiger partial charge is 0.455 e. The van der Waals surface area contributed by atoms with Gasteiger partial charge in [-0.25, -0.2) is 0 Å². The molecule has 0 spiro atoms. The van der Waals surface area contributed by atoms with Crippen LogP contribution in [0.1, 0.15) is 17.7 Å². The molecule has 2 heterocycles. The number of morpholine rings is 1. The molecule has 1 fully saturated rings. The third-order valence-corrected chi connectivity index (χ3v) is 4.61. The van der Waals surface area contributed by atoms with Crippen LogP contribution in [0.4, 0.5) is 5.69 Å². The summed E-state index contributed by atoms with van der Waals surface area (Å²) >= 11 is 0. The average molecular weight is 395 g/mol. The quantitative estimate of drug-likeness (QED) is 0.760. The summed E-state index contributed by atoms with van der Waals surface area (Å²) in [6.45, 7) is 8.64. The zero-order chi connectivity index (χ0) is 20.8. The third-order valence-electron chi connectivity index (χ3n) is 4.61. The Morgan fingerprint density at radius 1 is 1.34 bits per heavy atom. The van der Waals surface area contributed by atoms with Crippen LogP contribution in [0.3, 0.4) is 0 Å². The number of carbonyl (C=O) groups excluding carboxylic acids is 2. The fourth-order valence-electron chi connectivity index (χ4n) is 3.07. The lowest BCUT2D eigenvalue weighted by molar-refractivity contribution is -0.136. The molecule has 1 aromatic heterocycles. The van der Waals surface area contributed by atoms with Crippen LogP contribution < -0.4 is 10.1 Å². The summed E-state index contributed by atoms with van der Waals surface area (Å²) in [5.41, 5.74) is 2.49. The minimum atomic E-state index is -0.328. The van der Waals surface area contributed by atoms with Crippen molar-refractivity contribution in [3.05, 3.63) is 60.4 Å². The van der Waals surface area contributed by atoms with Crippen molar-refractivity contribution >= 4 is 17.5 Å². The molecule has 0 aliphatic carbocycles. The highest BCUT2D eigenvalue weighted by atomic mass is 16.5. The van der Waals surface area contributed by atoms with Crippen LogP contribution in [0.15, 0.2) is 49.2 Å². The van der Waals surface area contributed by atoms with Gasteiger partial charge in [-0.2, -0.15) is 0 Å². The number of nitrogens with zero attached hydrogens (tertiary/aromatic N) is 2. The maximum atomic E-state index is 12.4. The van der Waals surface area contributed by atoms with Crippen molar-refractivity contribution in [2.45, 2.75) is 26.4 Å². The number of aryl methyl sites for hydroxylation is 2. The van der Waals surface area contributed by atoms with Crippen molar-refractivity contribution < 1.29 is 19.1 Å². The van der Waals surface area contributed by atoms with E-state index in [4.69, 9.17) is 9.47 Å². The van der Waals surface area contributed by atoms with Crippen molar-refractivity contribution in [3.8, 4) is 11.5 Å². The standard InChI is InChI=1S/C22H25N3O4/c1-4-22(27)25-9-10-28-19(14-25)12-21(26)24-17-6-8-20(15(2)11-17)29-18-7-5-16(3)23-13-18/h4-8,11,13,19H,1,9-10,12,14H2,2-3H3,(H,24,26)/t19-/m0/s1. The maximum absolute atomic E-state index is 12.4. The molecule has 2 amide bonds. The number of ether oxygens (including phenoxy) is 2. The molecule has 1 atom stereocenters. The van der Waals surface area contributed by atoms with Crippen molar-refractivity contribution in [3.63, 3.8) is 0 Å². The highest BCUT2D eigenvalue weighted by Gasteiger charge is 2.24. The second-order valence-corrected chi connectivity index (χ2v) is 6.95. The van der Waals surface area contributed by atoms with Gasteiger partial charge < -0.3 is 19.7 Å². The third kappa shape index (κ3) is 5.65. The van der Waals surface area contributed by atoms with Gasteiger partial charge in [-0.05, 0) is 55.8 Å². The van der Waals surface area contributed by atoms with Crippen molar-refractivity contribution in [1.82, 2.24) is 9.88 Å². The first kappa shape index (κ1) is 20.5. The van der Waals surface area contributed by atoms with Crippen LogP contribution in [0.25, 0.3) is 0 Å². The van der Waals surface area contributed by atoms with Gasteiger partial charge in [0.1, 0.15) is 11.5 Å². The van der Waals surface area contributed by atoms with Crippen molar-refractivity contribution in [1.29, 1.82) is 0 Å². The number of hydrogen-bond acceptors (Lipinski definition) is 5. The Morgan fingerprint density at radius 2 is 2.17 bits per heavy atom. The van der Waals surface area contributed by atoms with Gasteiger partial charge in [0.15, 0.2) is 0 Å². The second kappa shape index (κ2) is 9.34. The van der Waals surface area contributed by atoms with Gasteiger partial charge in [0.2, 0.25) is 11.8 Å². The predicted molar refractivity (Wildman–Crippen MR) is 110 cm³/mol. The Balaban J connectivity index is 1.56. The molecule has 1 N–H and O–H groups in total. The minimum absolute atomic E-state index is 0.145. The first-order valence-corrected chi connectivity index (χ1v) is 9.48. The van der Waals surface area contributed by atoms with E-state index in [0.29, 0.717) is 36.9 Å². The summed E-state index contributed by atoms with van der Waals surface area (Å²) in [7, 11) is 0. The molecule has 29 heavy (non-hydrogen) atoms. The van der Waals surface area contributed by atoms with Gasteiger partial charge in [-0.3, -0.25) is 14.6 Å². The molecular formula is C22H25N3O4. The van der Waals surface area contributed by atoms with Crippen LogP contribution >= 0.6 is 0 Å². The molecule has 1 aliphatic heterocycles. The van der Waals surface area contributed by atoms with Crippen LogP contribution in [0, 0.1) is 13.8 Å². The summed E-state index contributed by atoms with van der Waals surface area (Å²) in [6, 6.07) is 9.20. The molecule has 2 aromatic rings. The maximum Gasteiger partial charge on any atom is 0.246 e. The van der Waals surface area contributed by atoms with Crippen LogP contribution in [-0.2, 0) is 14.3 Å². The Kier molecular flexibility index (Phi) is 6.61. The summed E-state index contributed by atoms with van der Waals surface area (Å²) in [4.78, 5) is 30.0. The predicted octanol–water partition coefficient (Wildman–Crippen LogP) is 3.23. The van der Waals surface area contributed by atoms with E-state index < -0.39 is 0 Å². The van der Waals surface area contributed by atoms with E-state index >= 15 is 0 Å². The Morgan fingerprint density at radius 3 is 2.86 bits per heavy atom. The number of benzene rings is 1. The molecule has 0 unspecified atom stereocenters. The molecule has 0 bridgehead atoms. The first-order valence-electron chi connectivity index (χ1n) is 9.48. The number of aromatic nitrogens is 1. The molecular weight excluding hydrogens is 370 g/mol. The molecule has 0 radical (unpaired) electrons. The van der Waals surface area contributed by atoms with E-state index in [0.717, 1.165) is 11.3 Å². The summed E-state index contributed by atoms with van der Waals surface area (Å²) in [6.07, 6.45) is 2.80. The SMILES string of the molecule is C=CC(=O)N1CCO[C@@H](CC(=O)Nc2ccc(Oc3ccc(C)nc3)c(C)c2)C1. The molecule has 1 aliphatic rings. The van der Waals surface area contributed by atoms with Crippen molar-refractivity contribution in [2.75, 3.05) is 25.0 Å². The molecule has 7 heteroatoms. The number of nitrogens with one attached hydrogen (secondary N) is 1. The molecule has 152 valence electrons. The minimum Gasteiger partial charge on any atom is -0.455 e. The fraction of sp³-hybridized carbons (Fsp3) is 0.318. The molecule has 3 rings (SSSR count). The molecule has 0 saturated carbocycles. The Hall–Kier alpha value is -3.19. The lowest BCUT2D eigenvalue weighted by Crippen LogP contribution is -2.46. The van der Waals surface area contributed by atoms with Crippen molar-refractivity contribution in [2.24, 2.45) is 0 Å². The number of hydrogen-bond donors (Lipinski definition) is 1. The number of pyridine rings is 1. The van der Waals surface area contributed by atoms with Crippen LogP contribution in [0.5, 0.6) is 11.5 Å². The second-order valence-electron chi connectivity index (χ2n) is 6.95. The summed E-state index contributed by atoms with van der Waals surface area (Å²) in [5.74, 6) is 1.04. The topological polar surface area (TPSA) is 80.8 Å². The van der Waals surface area contributed by atoms with Gasteiger partial charge >= 0.3 is 0 Å². The van der Waals surface area contributed by atoms with E-state index in [9.17, 15) is 9.59 Å². The molecule has 7 nitrogen and oxygen atoms in total. The molecule has 1 aromatic carbocycles. The summed E-state index contributed by atoms with van der Waals surface area (Å²) in [5, 5.41) is 2.88. The Bertz CT molecular complexity index is 895. The lowest BCUT2D eigenvalue weighted by Gasteiger charge is -2.32. The highest BCUT2D eigenvalue weighted by molar-refractivity contribution is 5.91. The smallest absolute Gasteiger partial charge is 0.246 e. The summed E-state index contributed by atoms with van der Waals surface area (Å²) < 4.78 is 11.5. The Labute approximate surface area is 170 Å². The van der Waals surface area contributed by atoms with E-state index in [1.54, 1.807) is 17.2 Å². The van der Waals surface area contributed by atoms with E-state index in [-0.39, 0.29) is 24.3 Å². The highest BCUT2D eigenvalue weighted by Crippen LogP contribution is 2.27. The monoisotopic (exact) mass is 395 g/mol. The van der Waals surface area contributed by atoms with E-state index in [1.807, 2.05) is 38.1 Å². The zero-order valence-electron chi connectivity index (χ0n) is 16.7. The van der Waals surface area contributed by atoms with Gasteiger partial charge in [-0.1, -0.05) is 6.58 Å². The van der Waals surface area contributed by atoms with Crippen LogP contribution in [0.2, 0.25) is 0 Å². The zero-order valence-corrected chi connectivity index (χ0v) is 16.7. The molecule has 1 saturated heterocycles. The van der Waals surface area contributed by atoms with E-state index in [2.05, 4.69) is 16.9 Å². The van der Waals surface area contributed by atoms with Gasteiger partial charge in [0.05, 0.1) is 25.3 Å². The van der Waals surface area contributed by atoms with E-state index in [1.165, 1.54) is 6.08 Å². The average Bonchev–Trinajstić information content (AvgIpc) is 2.71. The number of anilines is 1. The van der Waals surface area contributed by atoms with Gasteiger partial charge in [0.25, 0.3) is 0 Å². The normalized spacial score (nSPS) is 16.2. The fourth-order valence-corrected chi connectivity index (χ4v) is 3.07. The first-order chi connectivity index (χ1) is 13.9.